The number of hydrogen-bond donors (Lipinski definition) is 2. The van der Waals surface area contributed by atoms with Crippen molar-refractivity contribution in [2.24, 2.45) is 0 Å². The Bertz CT molecular complexity index is 740. The van der Waals surface area contributed by atoms with Crippen molar-refractivity contribution in [3.8, 4) is 5.75 Å². The molecule has 0 unspecified atom stereocenters. The van der Waals surface area contributed by atoms with Crippen molar-refractivity contribution in [1.82, 2.24) is 4.72 Å². The molecule has 0 radical (unpaired) electrons. The molecule has 0 spiro atoms. The summed E-state index contributed by atoms with van der Waals surface area (Å²) in [6.45, 7) is 1.57. The zero-order chi connectivity index (χ0) is 17.6. The van der Waals surface area contributed by atoms with Gasteiger partial charge in [0.2, 0.25) is 10.0 Å². The van der Waals surface area contributed by atoms with Crippen LogP contribution >= 0.6 is 0 Å². The second kappa shape index (κ2) is 7.79. The van der Waals surface area contributed by atoms with Gasteiger partial charge < -0.3 is 9.84 Å². The van der Waals surface area contributed by atoms with Gasteiger partial charge in [-0.15, -0.1) is 0 Å². The van der Waals surface area contributed by atoms with E-state index >= 15 is 0 Å². The highest BCUT2D eigenvalue weighted by Crippen LogP contribution is 2.17. The Morgan fingerprint density at radius 3 is 2.25 bits per heavy atom. The molecule has 0 bridgehead atoms. The molecule has 24 heavy (non-hydrogen) atoms. The quantitative estimate of drug-likeness (QED) is 0.765. The first kappa shape index (κ1) is 18.4. The van der Waals surface area contributed by atoms with Gasteiger partial charge in [0.15, 0.2) is 0 Å². The molecule has 5 nitrogen and oxygen atoms in total. The molecule has 2 aromatic carbocycles. The molecule has 0 aliphatic carbocycles. The number of ether oxygens (including phenoxy) is 1. The first-order valence-corrected chi connectivity index (χ1v) is 9.31. The monoisotopic (exact) mass is 349 g/mol. The van der Waals surface area contributed by atoms with E-state index in [9.17, 15) is 13.5 Å². The van der Waals surface area contributed by atoms with Crippen LogP contribution < -0.4 is 9.46 Å². The minimum Gasteiger partial charge on any atom is -0.497 e. The molecule has 1 atom stereocenters. The molecule has 0 aromatic heterocycles. The lowest BCUT2D eigenvalue weighted by molar-refractivity contribution is 0.0657. The van der Waals surface area contributed by atoms with Crippen molar-refractivity contribution in [3.63, 3.8) is 0 Å². The number of sulfonamides is 1. The van der Waals surface area contributed by atoms with Crippen LogP contribution in [0.5, 0.6) is 5.75 Å². The molecule has 0 aliphatic rings. The maximum absolute atomic E-state index is 12.1. The standard InChI is InChI=1S/C18H23NO4S/c1-18(20,12-15-8-10-17(23-2)11-9-15)14-19-24(21,22)13-16-6-4-3-5-7-16/h3-11,19-20H,12-14H2,1-2H3/t18-/m0/s1. The Balaban J connectivity index is 1.93. The summed E-state index contributed by atoms with van der Waals surface area (Å²) < 4.78 is 31.9. The van der Waals surface area contributed by atoms with Gasteiger partial charge in [0.25, 0.3) is 0 Å². The summed E-state index contributed by atoms with van der Waals surface area (Å²) in [5.74, 6) is 0.633. The van der Waals surface area contributed by atoms with E-state index in [4.69, 9.17) is 4.74 Å². The lowest BCUT2D eigenvalue weighted by Gasteiger charge is -2.24. The summed E-state index contributed by atoms with van der Waals surface area (Å²) in [4.78, 5) is 0. The molecule has 2 N–H and O–H groups in total. The van der Waals surface area contributed by atoms with E-state index in [1.807, 2.05) is 30.3 Å². The van der Waals surface area contributed by atoms with Gasteiger partial charge in [-0.05, 0) is 30.2 Å². The lowest BCUT2D eigenvalue weighted by atomic mass is 9.97. The van der Waals surface area contributed by atoms with Crippen LogP contribution in [-0.2, 0) is 22.2 Å². The molecule has 0 fully saturated rings. The van der Waals surface area contributed by atoms with Crippen LogP contribution in [-0.4, -0.2) is 32.8 Å². The minimum absolute atomic E-state index is 0.0474. The van der Waals surface area contributed by atoms with Crippen LogP contribution in [0.1, 0.15) is 18.1 Å². The van der Waals surface area contributed by atoms with Gasteiger partial charge in [-0.1, -0.05) is 42.5 Å². The van der Waals surface area contributed by atoms with Gasteiger partial charge >= 0.3 is 0 Å². The molecule has 2 aromatic rings. The molecule has 130 valence electrons. The molecule has 2 rings (SSSR count). The summed E-state index contributed by atoms with van der Waals surface area (Å²) in [5.41, 5.74) is 0.432. The highest BCUT2D eigenvalue weighted by molar-refractivity contribution is 7.88. The Morgan fingerprint density at radius 1 is 1.04 bits per heavy atom. The fourth-order valence-corrected chi connectivity index (χ4v) is 3.62. The summed E-state index contributed by atoms with van der Waals surface area (Å²) in [6, 6.07) is 16.3. The SMILES string of the molecule is COc1ccc(C[C@](C)(O)CNS(=O)(=O)Cc2ccccc2)cc1. The van der Waals surface area contributed by atoms with Gasteiger partial charge in [0.05, 0.1) is 18.5 Å². The molecule has 0 amide bonds. The Morgan fingerprint density at radius 2 is 1.67 bits per heavy atom. The van der Waals surface area contributed by atoms with Crippen LogP contribution in [0, 0.1) is 0 Å². The van der Waals surface area contributed by atoms with Gasteiger partial charge in [-0.2, -0.15) is 0 Å². The van der Waals surface area contributed by atoms with E-state index in [1.165, 1.54) is 0 Å². The highest BCUT2D eigenvalue weighted by atomic mass is 32.2. The first-order valence-electron chi connectivity index (χ1n) is 7.66. The second-order valence-electron chi connectivity index (χ2n) is 6.09. The van der Waals surface area contributed by atoms with Crippen LogP contribution in [0.3, 0.4) is 0 Å². The average Bonchev–Trinajstić information content (AvgIpc) is 2.54. The Kier molecular flexibility index (Phi) is 5.99. The third-order valence-electron chi connectivity index (χ3n) is 3.62. The number of hydrogen-bond acceptors (Lipinski definition) is 4. The zero-order valence-corrected chi connectivity index (χ0v) is 14.7. The second-order valence-corrected chi connectivity index (χ2v) is 7.89. The fourth-order valence-electron chi connectivity index (χ4n) is 2.36. The van der Waals surface area contributed by atoms with Crippen molar-refractivity contribution in [3.05, 3.63) is 65.7 Å². The van der Waals surface area contributed by atoms with E-state index in [2.05, 4.69) is 4.72 Å². The summed E-state index contributed by atoms with van der Waals surface area (Å²) in [5, 5.41) is 10.5. The number of methoxy groups -OCH3 is 1. The fraction of sp³-hybridized carbons (Fsp3) is 0.333. The predicted octanol–water partition coefficient (Wildman–Crippen LogP) is 2.11. The topological polar surface area (TPSA) is 75.6 Å². The Hall–Kier alpha value is -1.89. The summed E-state index contributed by atoms with van der Waals surface area (Å²) in [6.07, 6.45) is 0.338. The van der Waals surface area contributed by atoms with E-state index in [1.54, 1.807) is 38.3 Å². The van der Waals surface area contributed by atoms with Crippen LogP contribution in [0.15, 0.2) is 54.6 Å². The summed E-state index contributed by atoms with van der Waals surface area (Å²) in [7, 11) is -1.91. The Labute approximate surface area is 143 Å². The van der Waals surface area contributed by atoms with E-state index in [-0.39, 0.29) is 12.3 Å². The van der Waals surface area contributed by atoms with Crippen LogP contribution in [0.4, 0.5) is 0 Å². The molecule has 0 saturated carbocycles. The largest absolute Gasteiger partial charge is 0.497 e. The molecule has 0 aliphatic heterocycles. The van der Waals surface area contributed by atoms with E-state index < -0.39 is 15.6 Å². The summed E-state index contributed by atoms with van der Waals surface area (Å²) >= 11 is 0. The predicted molar refractivity (Wildman–Crippen MR) is 94.4 cm³/mol. The molecular formula is C18H23NO4S. The third-order valence-corrected chi connectivity index (χ3v) is 4.91. The van der Waals surface area contributed by atoms with E-state index in [0.29, 0.717) is 12.0 Å². The van der Waals surface area contributed by atoms with Crippen LogP contribution in [0.2, 0.25) is 0 Å². The number of benzene rings is 2. The normalized spacial score (nSPS) is 14.1. The van der Waals surface area contributed by atoms with Crippen molar-refractivity contribution in [1.29, 1.82) is 0 Å². The molecular weight excluding hydrogens is 326 g/mol. The van der Waals surface area contributed by atoms with E-state index in [0.717, 1.165) is 11.3 Å². The number of aliphatic hydroxyl groups is 1. The van der Waals surface area contributed by atoms with Gasteiger partial charge in [0, 0.05) is 13.0 Å². The smallest absolute Gasteiger partial charge is 0.215 e. The average molecular weight is 349 g/mol. The molecule has 6 heteroatoms. The van der Waals surface area contributed by atoms with Crippen molar-refractivity contribution >= 4 is 10.0 Å². The maximum Gasteiger partial charge on any atom is 0.215 e. The number of rotatable bonds is 8. The minimum atomic E-state index is -3.50. The van der Waals surface area contributed by atoms with Gasteiger partial charge in [-0.3, -0.25) is 0 Å². The van der Waals surface area contributed by atoms with Gasteiger partial charge in [-0.25, -0.2) is 13.1 Å². The van der Waals surface area contributed by atoms with Crippen molar-refractivity contribution in [2.75, 3.05) is 13.7 Å². The molecule has 0 saturated heterocycles. The lowest BCUT2D eigenvalue weighted by Crippen LogP contribution is -2.42. The third kappa shape index (κ3) is 5.96. The van der Waals surface area contributed by atoms with Crippen molar-refractivity contribution < 1.29 is 18.3 Å². The highest BCUT2D eigenvalue weighted by Gasteiger charge is 2.24. The number of nitrogens with one attached hydrogen (secondary N) is 1. The van der Waals surface area contributed by atoms with Crippen molar-refractivity contribution in [2.45, 2.75) is 24.7 Å². The zero-order valence-electron chi connectivity index (χ0n) is 13.9. The first-order chi connectivity index (χ1) is 11.3. The molecule has 0 heterocycles. The van der Waals surface area contributed by atoms with Gasteiger partial charge in [0.1, 0.15) is 5.75 Å². The maximum atomic E-state index is 12.1. The van der Waals surface area contributed by atoms with Crippen LogP contribution in [0.25, 0.3) is 0 Å².